The van der Waals surface area contributed by atoms with Crippen LogP contribution in [-0.4, -0.2) is 10.9 Å². The van der Waals surface area contributed by atoms with Crippen molar-refractivity contribution < 1.29 is 5.21 Å². The van der Waals surface area contributed by atoms with Crippen LogP contribution in [-0.2, 0) is 0 Å². The monoisotopic (exact) mass is 99.1 g/mol. The van der Waals surface area contributed by atoms with Gasteiger partial charge in [-0.15, -0.1) is 0 Å². The summed E-state index contributed by atoms with van der Waals surface area (Å²) >= 11 is 0. The lowest BCUT2D eigenvalue weighted by Crippen LogP contribution is -2.22. The summed E-state index contributed by atoms with van der Waals surface area (Å²) in [4.78, 5) is 0. The van der Waals surface area contributed by atoms with Crippen LogP contribution >= 0.6 is 0 Å². The van der Waals surface area contributed by atoms with Crippen LogP contribution in [0.5, 0.6) is 0 Å². The third kappa shape index (κ3) is 0.601. The molecule has 0 saturated heterocycles. The Bertz CT molecular complexity index is 98.3. The summed E-state index contributed by atoms with van der Waals surface area (Å²) in [5, 5.41) is 11.2. The summed E-state index contributed by atoms with van der Waals surface area (Å²) < 4.78 is 0. The fourth-order valence-electron chi connectivity index (χ4n) is 0.711. The number of oxime groups is 1. The highest BCUT2D eigenvalue weighted by atomic mass is 16.4. The van der Waals surface area contributed by atoms with Gasteiger partial charge >= 0.3 is 0 Å². The molecule has 0 aromatic rings. The molecule has 1 unspecified atom stereocenters. The second kappa shape index (κ2) is 1.52. The van der Waals surface area contributed by atoms with Gasteiger partial charge in [-0.1, -0.05) is 12.1 Å². The van der Waals surface area contributed by atoms with Gasteiger partial charge in [0.25, 0.3) is 0 Å². The van der Waals surface area contributed by atoms with Crippen molar-refractivity contribution in [2.24, 2.45) is 11.1 Å². The van der Waals surface area contributed by atoms with Crippen molar-refractivity contribution in [3.63, 3.8) is 0 Å². The van der Waals surface area contributed by atoms with Gasteiger partial charge in [-0.2, -0.15) is 0 Å². The summed E-state index contributed by atoms with van der Waals surface area (Å²) in [5.74, 6) is 0.546. The Balaban J connectivity index is 2.44. The second-order valence-corrected chi connectivity index (χ2v) is 2.03. The minimum atomic E-state index is 0.546. The third-order valence-corrected chi connectivity index (χ3v) is 1.53. The van der Waals surface area contributed by atoms with Crippen LogP contribution in [0.1, 0.15) is 19.8 Å². The molecule has 0 amide bonds. The summed E-state index contributed by atoms with van der Waals surface area (Å²) in [7, 11) is 0. The van der Waals surface area contributed by atoms with Gasteiger partial charge in [0.05, 0.1) is 5.71 Å². The molecule has 0 radical (unpaired) electrons. The predicted molar refractivity (Wildman–Crippen MR) is 27.6 cm³/mol. The van der Waals surface area contributed by atoms with E-state index in [2.05, 4.69) is 12.1 Å². The molecular formula is C5H9NO. The maximum Gasteiger partial charge on any atom is 0.0599 e. The topological polar surface area (TPSA) is 32.6 Å². The van der Waals surface area contributed by atoms with Crippen molar-refractivity contribution in [1.29, 1.82) is 0 Å². The van der Waals surface area contributed by atoms with E-state index < -0.39 is 0 Å². The molecule has 2 nitrogen and oxygen atoms in total. The summed E-state index contributed by atoms with van der Waals surface area (Å²) in [5.41, 5.74) is 0.958. The van der Waals surface area contributed by atoms with Gasteiger partial charge in [0.2, 0.25) is 0 Å². The molecule has 0 bridgehead atoms. The van der Waals surface area contributed by atoms with Crippen molar-refractivity contribution in [2.75, 3.05) is 0 Å². The average molecular weight is 99.1 g/mol. The van der Waals surface area contributed by atoms with E-state index in [1.807, 2.05) is 0 Å². The quantitative estimate of drug-likeness (QED) is 0.359. The molecule has 1 saturated carbocycles. The van der Waals surface area contributed by atoms with Crippen LogP contribution in [0.25, 0.3) is 0 Å². The van der Waals surface area contributed by atoms with E-state index >= 15 is 0 Å². The van der Waals surface area contributed by atoms with Gasteiger partial charge in [0.1, 0.15) is 0 Å². The fraction of sp³-hybridized carbons (Fsp3) is 0.800. The van der Waals surface area contributed by atoms with Gasteiger partial charge in [-0.3, -0.25) is 0 Å². The molecule has 1 aliphatic rings. The molecule has 40 valence electrons. The Hall–Kier alpha value is -0.530. The lowest BCUT2D eigenvalue weighted by atomic mass is 9.85. The van der Waals surface area contributed by atoms with Crippen LogP contribution in [0.15, 0.2) is 5.16 Å². The first-order chi connectivity index (χ1) is 3.34. The molecule has 0 aromatic heterocycles. The molecule has 1 atom stereocenters. The minimum Gasteiger partial charge on any atom is -0.411 e. The second-order valence-electron chi connectivity index (χ2n) is 2.03. The van der Waals surface area contributed by atoms with E-state index in [9.17, 15) is 0 Å². The Labute approximate surface area is 42.8 Å². The molecule has 1 aliphatic carbocycles. The molecular weight excluding hydrogens is 90.1 g/mol. The minimum absolute atomic E-state index is 0.546. The summed E-state index contributed by atoms with van der Waals surface area (Å²) in [6.07, 6.45) is 2.19. The van der Waals surface area contributed by atoms with Crippen LogP contribution < -0.4 is 0 Å². The Morgan fingerprint density at radius 1 is 1.86 bits per heavy atom. The lowest BCUT2D eigenvalue weighted by molar-refractivity contribution is 0.307. The van der Waals surface area contributed by atoms with Crippen LogP contribution in [0.4, 0.5) is 0 Å². The van der Waals surface area contributed by atoms with Crippen molar-refractivity contribution in [1.82, 2.24) is 0 Å². The highest BCUT2D eigenvalue weighted by Crippen LogP contribution is 2.21. The molecule has 2 heteroatoms. The normalized spacial score (nSPS) is 35.6. The van der Waals surface area contributed by atoms with Gasteiger partial charge in [0.15, 0.2) is 0 Å². The van der Waals surface area contributed by atoms with Crippen molar-refractivity contribution in [3.05, 3.63) is 0 Å². The Morgan fingerprint density at radius 3 is 2.57 bits per heavy atom. The largest absolute Gasteiger partial charge is 0.411 e. The highest BCUT2D eigenvalue weighted by Gasteiger charge is 2.20. The molecule has 0 aliphatic heterocycles. The van der Waals surface area contributed by atoms with Gasteiger partial charge in [-0.05, 0) is 18.8 Å². The first-order valence-corrected chi connectivity index (χ1v) is 2.55. The SMILES string of the molecule is CC1CCC1=NO. The zero-order valence-corrected chi connectivity index (χ0v) is 4.39. The maximum atomic E-state index is 8.14. The van der Waals surface area contributed by atoms with E-state index in [-0.39, 0.29) is 0 Å². The summed E-state index contributed by atoms with van der Waals surface area (Å²) in [6, 6.07) is 0. The molecule has 7 heavy (non-hydrogen) atoms. The number of hydrogen-bond donors (Lipinski definition) is 1. The fourth-order valence-corrected chi connectivity index (χ4v) is 0.711. The standard InChI is InChI=1S/C5H9NO/c1-4-2-3-5(4)6-7/h4,7H,2-3H2,1H3. The van der Waals surface area contributed by atoms with Crippen molar-refractivity contribution in [3.8, 4) is 0 Å². The van der Waals surface area contributed by atoms with E-state index in [1.165, 1.54) is 6.42 Å². The van der Waals surface area contributed by atoms with Crippen molar-refractivity contribution in [2.45, 2.75) is 19.8 Å². The summed E-state index contributed by atoms with van der Waals surface area (Å²) in [6.45, 7) is 2.07. The average Bonchev–Trinajstić information content (AvgIpc) is 1.65. The number of rotatable bonds is 0. The van der Waals surface area contributed by atoms with Crippen LogP contribution in [0.2, 0.25) is 0 Å². The molecule has 1 rings (SSSR count). The zero-order chi connectivity index (χ0) is 5.28. The smallest absolute Gasteiger partial charge is 0.0599 e. The number of nitrogens with zero attached hydrogens (tertiary/aromatic N) is 1. The van der Waals surface area contributed by atoms with E-state index in [1.54, 1.807) is 0 Å². The van der Waals surface area contributed by atoms with E-state index in [0.29, 0.717) is 5.92 Å². The molecule has 1 N–H and O–H groups in total. The Morgan fingerprint density at radius 2 is 2.57 bits per heavy atom. The lowest BCUT2D eigenvalue weighted by Gasteiger charge is -2.21. The van der Waals surface area contributed by atoms with Gasteiger partial charge < -0.3 is 5.21 Å². The number of hydrogen-bond acceptors (Lipinski definition) is 2. The highest BCUT2D eigenvalue weighted by molar-refractivity contribution is 5.90. The molecule has 0 heterocycles. The zero-order valence-electron chi connectivity index (χ0n) is 4.39. The van der Waals surface area contributed by atoms with E-state index in [4.69, 9.17) is 5.21 Å². The molecule has 0 spiro atoms. The van der Waals surface area contributed by atoms with Crippen molar-refractivity contribution >= 4 is 5.71 Å². The van der Waals surface area contributed by atoms with Gasteiger partial charge in [0, 0.05) is 0 Å². The van der Waals surface area contributed by atoms with Crippen LogP contribution in [0.3, 0.4) is 0 Å². The first kappa shape index (κ1) is 4.62. The van der Waals surface area contributed by atoms with Crippen LogP contribution in [0, 0.1) is 5.92 Å². The Kier molecular flexibility index (Phi) is 1.01. The third-order valence-electron chi connectivity index (χ3n) is 1.53. The van der Waals surface area contributed by atoms with Gasteiger partial charge in [-0.25, -0.2) is 0 Å². The predicted octanol–water partition coefficient (Wildman–Crippen LogP) is 1.25. The first-order valence-electron chi connectivity index (χ1n) is 2.55. The van der Waals surface area contributed by atoms with E-state index in [0.717, 1.165) is 12.1 Å². The molecule has 0 aromatic carbocycles. The maximum absolute atomic E-state index is 8.14. The molecule has 1 fully saturated rings.